The summed E-state index contributed by atoms with van der Waals surface area (Å²) in [5.74, 6) is -0.571. The Morgan fingerprint density at radius 3 is 2.47 bits per heavy atom. The number of hydrogen-bond donors (Lipinski definition) is 1. The van der Waals surface area contributed by atoms with E-state index in [-0.39, 0.29) is 35.7 Å². The maximum Gasteiger partial charge on any atom is 0.327 e. The van der Waals surface area contributed by atoms with Crippen LogP contribution in [0.1, 0.15) is 57.9 Å². The molecule has 7 heteroatoms. The molecule has 1 heterocycles. The highest BCUT2D eigenvalue weighted by Crippen LogP contribution is 2.46. The molecule has 0 bridgehead atoms. The molecule has 0 aromatic heterocycles. The Bertz CT molecular complexity index is 1010. The van der Waals surface area contributed by atoms with Crippen molar-refractivity contribution in [1.29, 1.82) is 0 Å². The van der Waals surface area contributed by atoms with Gasteiger partial charge in [-0.25, -0.2) is 4.39 Å². The third-order valence-electron chi connectivity index (χ3n) is 6.67. The number of hydrogen-bond acceptors (Lipinski definition) is 6. The molecule has 2 atom stereocenters. The summed E-state index contributed by atoms with van der Waals surface area (Å²) in [7, 11) is 0. The Morgan fingerprint density at radius 2 is 1.85 bits per heavy atom. The number of halogens is 1. The van der Waals surface area contributed by atoms with E-state index in [1.54, 1.807) is 18.2 Å². The Balaban J connectivity index is 1.49. The van der Waals surface area contributed by atoms with Crippen LogP contribution >= 0.6 is 11.8 Å². The molecule has 1 N–H and O–H groups in total. The van der Waals surface area contributed by atoms with Crippen molar-refractivity contribution in [2.24, 2.45) is 5.92 Å². The second kappa shape index (κ2) is 10.4. The number of thioether (sulfide) groups is 1. The molecule has 2 aliphatic rings. The van der Waals surface area contributed by atoms with E-state index in [0.717, 1.165) is 47.9 Å². The number of phenols is 1. The van der Waals surface area contributed by atoms with Gasteiger partial charge in [-0.3, -0.25) is 9.59 Å². The molecular weight excluding hydrogens is 455 g/mol. The van der Waals surface area contributed by atoms with Crippen LogP contribution in [-0.2, 0) is 20.7 Å². The summed E-state index contributed by atoms with van der Waals surface area (Å²) in [5.41, 5.74) is -0.0599. The third kappa shape index (κ3) is 5.57. The number of carbonyl (C=O) groups excluding carboxylic acids is 2. The number of esters is 1. The molecule has 2 aromatic rings. The zero-order valence-corrected chi connectivity index (χ0v) is 20.4. The van der Waals surface area contributed by atoms with Crippen LogP contribution in [0.25, 0.3) is 0 Å². The quantitative estimate of drug-likeness (QED) is 0.372. The van der Waals surface area contributed by atoms with Gasteiger partial charge in [0.05, 0.1) is 6.10 Å². The minimum absolute atomic E-state index is 0.119. The average Bonchev–Trinajstić information content (AvgIpc) is 3.33. The average molecular weight is 487 g/mol. The van der Waals surface area contributed by atoms with Gasteiger partial charge in [0.2, 0.25) is 0 Å². The zero-order chi connectivity index (χ0) is 24.3. The molecular formula is C27H31FO5S. The number of Topliss-reactive ketones (excluding diaryl/α,β-unsaturated/α-hetero) is 1. The summed E-state index contributed by atoms with van der Waals surface area (Å²) in [6.45, 7) is 3.70. The largest absolute Gasteiger partial charge is 0.508 e. The first-order valence-corrected chi connectivity index (χ1v) is 12.8. The molecule has 4 rings (SSSR count). The van der Waals surface area contributed by atoms with Crippen LogP contribution in [0, 0.1) is 11.7 Å². The van der Waals surface area contributed by atoms with Crippen molar-refractivity contribution in [3.8, 4) is 11.5 Å². The lowest BCUT2D eigenvalue weighted by Gasteiger charge is -2.43. The molecule has 1 saturated heterocycles. The van der Waals surface area contributed by atoms with E-state index in [1.165, 1.54) is 18.2 Å². The number of benzene rings is 2. The molecule has 5 nitrogen and oxygen atoms in total. The van der Waals surface area contributed by atoms with E-state index < -0.39 is 22.6 Å². The van der Waals surface area contributed by atoms with Crippen LogP contribution in [0.2, 0.25) is 0 Å². The first-order chi connectivity index (χ1) is 16.3. The summed E-state index contributed by atoms with van der Waals surface area (Å²) in [4.78, 5) is 27.0. The highest BCUT2D eigenvalue weighted by Gasteiger charge is 2.51. The molecule has 0 amide bonds. The maximum absolute atomic E-state index is 14.5. The first kappa shape index (κ1) is 24.6. The van der Waals surface area contributed by atoms with Crippen LogP contribution in [0.15, 0.2) is 47.4 Å². The highest BCUT2D eigenvalue weighted by molar-refractivity contribution is 8.01. The fourth-order valence-electron chi connectivity index (χ4n) is 5.01. The van der Waals surface area contributed by atoms with E-state index in [2.05, 4.69) is 0 Å². The number of carbonyl (C=O) groups is 2. The van der Waals surface area contributed by atoms with Gasteiger partial charge in [-0.2, -0.15) is 0 Å². The lowest BCUT2D eigenvalue weighted by molar-refractivity contribution is -0.177. The number of aryl methyl sites for hydroxylation is 1. The minimum Gasteiger partial charge on any atom is -0.508 e. The SMILES string of the molecule is CC(C)Oc1ccc(CCC2(C3CCCC3)CC(=O)C(Sc3ccc(O)cc3)C(=O)O2)cc1F. The number of ether oxygens (including phenoxy) is 2. The van der Waals surface area contributed by atoms with Gasteiger partial charge in [0.1, 0.15) is 11.4 Å². The Kier molecular flexibility index (Phi) is 7.51. The van der Waals surface area contributed by atoms with Crippen molar-refractivity contribution < 1.29 is 28.6 Å². The molecule has 182 valence electrons. The van der Waals surface area contributed by atoms with Gasteiger partial charge in [-0.05, 0) is 87.4 Å². The standard InChI is InChI=1S/C27H31FO5S/c1-17(2)32-24-12-7-18(15-22(24)28)13-14-27(19-5-3-4-6-19)16-23(30)25(26(31)33-27)34-21-10-8-20(29)9-11-21/h7-12,15,17,19,25,29H,3-6,13-14,16H2,1-2H3. The number of rotatable bonds is 8. The van der Waals surface area contributed by atoms with Crippen molar-refractivity contribution in [2.45, 2.75) is 80.6 Å². The number of ketones is 1. The van der Waals surface area contributed by atoms with Gasteiger partial charge < -0.3 is 14.6 Å². The van der Waals surface area contributed by atoms with Crippen LogP contribution in [0.3, 0.4) is 0 Å². The predicted molar refractivity (Wildman–Crippen MR) is 129 cm³/mol. The highest BCUT2D eigenvalue weighted by atomic mass is 32.2. The van der Waals surface area contributed by atoms with Crippen LogP contribution in [0.5, 0.6) is 11.5 Å². The summed E-state index contributed by atoms with van der Waals surface area (Å²) in [5, 5.41) is 8.57. The lowest BCUT2D eigenvalue weighted by Crippen LogP contribution is -2.53. The topological polar surface area (TPSA) is 72.8 Å². The van der Waals surface area contributed by atoms with Gasteiger partial charge in [0.25, 0.3) is 0 Å². The van der Waals surface area contributed by atoms with E-state index in [1.807, 2.05) is 19.9 Å². The first-order valence-electron chi connectivity index (χ1n) is 11.9. The molecule has 34 heavy (non-hydrogen) atoms. The summed E-state index contributed by atoms with van der Waals surface area (Å²) in [6, 6.07) is 11.4. The zero-order valence-electron chi connectivity index (χ0n) is 19.6. The maximum atomic E-state index is 14.5. The van der Waals surface area contributed by atoms with Gasteiger partial charge in [0, 0.05) is 11.3 Å². The Labute approximate surface area is 204 Å². The summed E-state index contributed by atoms with van der Waals surface area (Å²) >= 11 is 1.16. The van der Waals surface area contributed by atoms with Crippen molar-refractivity contribution in [1.82, 2.24) is 0 Å². The fourth-order valence-corrected chi connectivity index (χ4v) is 5.94. The molecule has 1 saturated carbocycles. The molecule has 2 aromatic carbocycles. The summed E-state index contributed by atoms with van der Waals surface area (Å²) in [6.07, 6.45) is 5.00. The molecule has 0 spiro atoms. The van der Waals surface area contributed by atoms with Gasteiger partial charge >= 0.3 is 5.97 Å². The van der Waals surface area contributed by atoms with Gasteiger partial charge in [-0.15, -0.1) is 11.8 Å². The van der Waals surface area contributed by atoms with Crippen LogP contribution < -0.4 is 4.74 Å². The van der Waals surface area contributed by atoms with Crippen LogP contribution in [0.4, 0.5) is 4.39 Å². The number of cyclic esters (lactones) is 1. The van der Waals surface area contributed by atoms with E-state index >= 15 is 0 Å². The molecule has 1 aliphatic carbocycles. The van der Waals surface area contributed by atoms with Crippen molar-refractivity contribution in [2.75, 3.05) is 0 Å². The van der Waals surface area contributed by atoms with E-state index in [4.69, 9.17) is 9.47 Å². The molecule has 2 fully saturated rings. The molecule has 0 radical (unpaired) electrons. The van der Waals surface area contributed by atoms with E-state index in [0.29, 0.717) is 12.8 Å². The van der Waals surface area contributed by atoms with Crippen molar-refractivity contribution in [3.63, 3.8) is 0 Å². The fraction of sp³-hybridized carbons (Fsp3) is 0.481. The minimum atomic E-state index is -0.913. The predicted octanol–water partition coefficient (Wildman–Crippen LogP) is 5.86. The van der Waals surface area contributed by atoms with Gasteiger partial charge in [0.15, 0.2) is 22.6 Å². The van der Waals surface area contributed by atoms with E-state index in [9.17, 15) is 19.1 Å². The second-order valence-electron chi connectivity index (χ2n) is 9.53. The monoisotopic (exact) mass is 486 g/mol. The molecule has 2 unspecified atom stereocenters. The van der Waals surface area contributed by atoms with Crippen LogP contribution in [-0.4, -0.2) is 33.8 Å². The Morgan fingerprint density at radius 1 is 1.15 bits per heavy atom. The normalized spacial score (nSPS) is 23.4. The molecule has 1 aliphatic heterocycles. The van der Waals surface area contributed by atoms with Gasteiger partial charge in [-0.1, -0.05) is 18.9 Å². The van der Waals surface area contributed by atoms with Crippen molar-refractivity contribution in [3.05, 3.63) is 53.8 Å². The third-order valence-corrected chi connectivity index (χ3v) is 7.90. The smallest absolute Gasteiger partial charge is 0.327 e. The number of phenolic OH excluding ortho intramolecular Hbond substituents is 1. The lowest BCUT2D eigenvalue weighted by atomic mass is 9.76. The second-order valence-corrected chi connectivity index (χ2v) is 10.7. The Hall–Kier alpha value is -2.54. The van der Waals surface area contributed by atoms with Crippen molar-refractivity contribution >= 4 is 23.5 Å². The summed E-state index contributed by atoms with van der Waals surface area (Å²) < 4.78 is 26.1. The number of aromatic hydroxyl groups is 1.